The lowest BCUT2D eigenvalue weighted by Gasteiger charge is -2.05. The first kappa shape index (κ1) is 13.4. The molecule has 3 aromatic rings. The minimum atomic E-state index is 0.697. The van der Waals surface area contributed by atoms with E-state index in [1.54, 1.807) is 0 Å². The molecule has 0 aliphatic rings. The van der Waals surface area contributed by atoms with Gasteiger partial charge in [0.15, 0.2) is 0 Å². The van der Waals surface area contributed by atoms with E-state index in [9.17, 15) is 0 Å². The molecule has 0 aliphatic heterocycles. The molecule has 106 valence electrons. The lowest BCUT2D eigenvalue weighted by atomic mass is 10.0. The molecule has 2 aromatic carbocycles. The average molecular weight is 277 g/mol. The van der Waals surface area contributed by atoms with Crippen LogP contribution in [0.4, 0.5) is 5.69 Å². The van der Waals surface area contributed by atoms with Gasteiger partial charge >= 0.3 is 0 Å². The first-order valence-corrected chi connectivity index (χ1v) is 7.04. The van der Waals surface area contributed by atoms with Gasteiger partial charge in [-0.05, 0) is 38.5 Å². The molecule has 0 bridgehead atoms. The van der Waals surface area contributed by atoms with Crippen LogP contribution in [0.25, 0.3) is 16.9 Å². The van der Waals surface area contributed by atoms with Crippen LogP contribution in [0.5, 0.6) is 0 Å². The molecule has 3 heteroatoms. The van der Waals surface area contributed by atoms with Crippen molar-refractivity contribution in [1.82, 2.24) is 9.78 Å². The summed E-state index contributed by atoms with van der Waals surface area (Å²) in [7, 11) is 0. The van der Waals surface area contributed by atoms with Gasteiger partial charge in [0.25, 0.3) is 0 Å². The van der Waals surface area contributed by atoms with Crippen LogP contribution in [0.3, 0.4) is 0 Å². The molecule has 0 saturated heterocycles. The highest BCUT2D eigenvalue weighted by atomic mass is 15.3. The Bertz CT molecular complexity index is 783. The lowest BCUT2D eigenvalue weighted by molar-refractivity contribution is 0.883. The van der Waals surface area contributed by atoms with Gasteiger partial charge in [-0.3, -0.25) is 0 Å². The Labute approximate surface area is 125 Å². The van der Waals surface area contributed by atoms with Gasteiger partial charge in [-0.25, -0.2) is 4.68 Å². The van der Waals surface area contributed by atoms with E-state index >= 15 is 0 Å². The summed E-state index contributed by atoms with van der Waals surface area (Å²) >= 11 is 0. The summed E-state index contributed by atoms with van der Waals surface area (Å²) in [6.45, 7) is 6.25. The highest BCUT2D eigenvalue weighted by molar-refractivity contribution is 5.75. The van der Waals surface area contributed by atoms with Crippen LogP contribution in [0.1, 0.15) is 16.7 Å². The molecular formula is C18H19N3. The molecule has 0 unspecified atom stereocenters. The zero-order chi connectivity index (χ0) is 15.0. The lowest BCUT2D eigenvalue weighted by Crippen LogP contribution is -1.95. The predicted molar refractivity (Wildman–Crippen MR) is 87.6 cm³/mol. The molecule has 3 nitrogen and oxygen atoms in total. The smallest absolute Gasteiger partial charge is 0.116 e. The highest BCUT2D eigenvalue weighted by Crippen LogP contribution is 2.28. The van der Waals surface area contributed by atoms with E-state index in [0.29, 0.717) is 5.69 Å². The van der Waals surface area contributed by atoms with Gasteiger partial charge in [0.1, 0.15) is 5.69 Å². The zero-order valence-corrected chi connectivity index (χ0v) is 12.6. The van der Waals surface area contributed by atoms with Crippen LogP contribution in [0, 0.1) is 20.8 Å². The summed E-state index contributed by atoms with van der Waals surface area (Å²) in [5.41, 5.74) is 13.5. The van der Waals surface area contributed by atoms with E-state index < -0.39 is 0 Å². The SMILES string of the molecule is Cc1ccc(-n2cc(N)c(-c3ccc(C)cc3C)n2)cc1. The highest BCUT2D eigenvalue weighted by Gasteiger charge is 2.11. The molecule has 0 fully saturated rings. The van der Waals surface area contributed by atoms with E-state index in [4.69, 9.17) is 5.73 Å². The molecule has 0 saturated carbocycles. The largest absolute Gasteiger partial charge is 0.396 e. The standard InChI is InChI=1S/C18H19N3/c1-12-4-7-15(8-5-12)21-11-17(19)18(20-21)16-9-6-13(2)10-14(16)3/h4-11H,19H2,1-3H3. The number of rotatable bonds is 2. The number of anilines is 1. The number of nitrogen functional groups attached to an aromatic ring is 1. The Kier molecular flexibility index (Phi) is 3.26. The van der Waals surface area contributed by atoms with Gasteiger partial charge in [-0.1, -0.05) is 41.5 Å². The summed E-state index contributed by atoms with van der Waals surface area (Å²) in [5, 5.41) is 4.66. The molecule has 2 N–H and O–H groups in total. The topological polar surface area (TPSA) is 43.8 Å². The number of nitrogens with two attached hydrogens (primary N) is 1. The average Bonchev–Trinajstić information content (AvgIpc) is 2.81. The van der Waals surface area contributed by atoms with Crippen LogP contribution in [0.15, 0.2) is 48.7 Å². The molecule has 0 aliphatic carbocycles. The van der Waals surface area contributed by atoms with Crippen molar-refractivity contribution in [2.45, 2.75) is 20.8 Å². The van der Waals surface area contributed by atoms with E-state index in [2.05, 4.69) is 56.2 Å². The first-order valence-electron chi connectivity index (χ1n) is 7.04. The minimum absolute atomic E-state index is 0.697. The quantitative estimate of drug-likeness (QED) is 0.768. The Balaban J connectivity index is 2.07. The fourth-order valence-corrected chi connectivity index (χ4v) is 2.51. The van der Waals surface area contributed by atoms with Crippen molar-refractivity contribution in [1.29, 1.82) is 0 Å². The fourth-order valence-electron chi connectivity index (χ4n) is 2.51. The van der Waals surface area contributed by atoms with Gasteiger partial charge in [-0.15, -0.1) is 0 Å². The van der Waals surface area contributed by atoms with Gasteiger partial charge in [0, 0.05) is 5.56 Å². The molecule has 21 heavy (non-hydrogen) atoms. The number of hydrogen-bond acceptors (Lipinski definition) is 2. The van der Waals surface area contributed by atoms with Gasteiger partial charge < -0.3 is 5.73 Å². The monoisotopic (exact) mass is 277 g/mol. The Morgan fingerprint density at radius 1 is 0.905 bits per heavy atom. The van der Waals surface area contributed by atoms with Gasteiger partial charge in [0.05, 0.1) is 17.6 Å². The van der Waals surface area contributed by atoms with Gasteiger partial charge in [0.2, 0.25) is 0 Å². The predicted octanol–water partition coefficient (Wildman–Crippen LogP) is 4.05. The first-order chi connectivity index (χ1) is 10.0. The van der Waals surface area contributed by atoms with Crippen LogP contribution >= 0.6 is 0 Å². The summed E-state index contributed by atoms with van der Waals surface area (Å²) < 4.78 is 1.84. The summed E-state index contributed by atoms with van der Waals surface area (Å²) in [6.07, 6.45) is 1.87. The third-order valence-electron chi connectivity index (χ3n) is 3.68. The third kappa shape index (κ3) is 2.55. The number of hydrogen-bond donors (Lipinski definition) is 1. The third-order valence-corrected chi connectivity index (χ3v) is 3.68. The van der Waals surface area contributed by atoms with Crippen molar-refractivity contribution < 1.29 is 0 Å². The second-order valence-corrected chi connectivity index (χ2v) is 5.53. The fraction of sp³-hybridized carbons (Fsp3) is 0.167. The van der Waals surface area contributed by atoms with Crippen LogP contribution in [-0.4, -0.2) is 9.78 Å². The maximum Gasteiger partial charge on any atom is 0.116 e. The molecule has 0 spiro atoms. The molecule has 1 heterocycles. The van der Waals surface area contributed by atoms with E-state index in [1.807, 2.05) is 23.0 Å². The van der Waals surface area contributed by atoms with Crippen LogP contribution in [-0.2, 0) is 0 Å². The van der Waals surface area contributed by atoms with Crippen molar-refractivity contribution in [3.63, 3.8) is 0 Å². The number of nitrogens with zero attached hydrogens (tertiary/aromatic N) is 2. The normalized spacial score (nSPS) is 10.8. The van der Waals surface area contributed by atoms with Crippen LogP contribution in [0.2, 0.25) is 0 Å². The summed E-state index contributed by atoms with van der Waals surface area (Å²) in [4.78, 5) is 0. The van der Waals surface area contributed by atoms with E-state index in [1.165, 1.54) is 16.7 Å². The molecule has 1 aromatic heterocycles. The Morgan fingerprint density at radius 2 is 1.57 bits per heavy atom. The maximum absolute atomic E-state index is 6.16. The second-order valence-electron chi connectivity index (χ2n) is 5.53. The second kappa shape index (κ2) is 5.09. The van der Waals surface area contributed by atoms with E-state index in [-0.39, 0.29) is 0 Å². The summed E-state index contributed by atoms with van der Waals surface area (Å²) in [6, 6.07) is 14.6. The molecule has 0 radical (unpaired) electrons. The zero-order valence-electron chi connectivity index (χ0n) is 12.6. The molecular weight excluding hydrogens is 258 g/mol. The van der Waals surface area contributed by atoms with Crippen molar-refractivity contribution in [2.75, 3.05) is 5.73 Å². The molecule has 0 amide bonds. The molecule has 3 rings (SSSR count). The minimum Gasteiger partial charge on any atom is -0.396 e. The van der Waals surface area contributed by atoms with Crippen LogP contribution < -0.4 is 5.73 Å². The Hall–Kier alpha value is -2.55. The maximum atomic E-state index is 6.16. The number of aryl methyl sites for hydroxylation is 3. The van der Waals surface area contributed by atoms with E-state index in [0.717, 1.165) is 16.9 Å². The Morgan fingerprint density at radius 3 is 2.24 bits per heavy atom. The van der Waals surface area contributed by atoms with Crippen molar-refractivity contribution >= 4 is 5.69 Å². The van der Waals surface area contributed by atoms with Gasteiger partial charge in [-0.2, -0.15) is 5.10 Å². The van der Waals surface area contributed by atoms with Crippen molar-refractivity contribution in [3.8, 4) is 16.9 Å². The number of benzene rings is 2. The van der Waals surface area contributed by atoms with Crippen molar-refractivity contribution in [2.24, 2.45) is 0 Å². The summed E-state index contributed by atoms with van der Waals surface area (Å²) in [5.74, 6) is 0. The number of aromatic nitrogens is 2. The molecule has 0 atom stereocenters. The van der Waals surface area contributed by atoms with Crippen molar-refractivity contribution in [3.05, 3.63) is 65.4 Å².